The molecule has 0 radical (unpaired) electrons. The lowest BCUT2D eigenvalue weighted by molar-refractivity contribution is -0.114. The van der Waals surface area contributed by atoms with E-state index in [2.05, 4.69) is 20.3 Å². The Hall–Kier alpha value is -1.82. The third kappa shape index (κ3) is 4.47. The lowest BCUT2D eigenvalue weighted by Gasteiger charge is -2.30. The van der Waals surface area contributed by atoms with Crippen molar-refractivity contribution < 1.29 is 17.9 Å². The first kappa shape index (κ1) is 19.0. The summed E-state index contributed by atoms with van der Waals surface area (Å²) in [5.74, 6) is -0.308. The second-order valence-corrected chi connectivity index (χ2v) is 9.23. The van der Waals surface area contributed by atoms with Crippen LogP contribution in [0.3, 0.4) is 0 Å². The predicted molar refractivity (Wildman–Crippen MR) is 95.9 cm³/mol. The summed E-state index contributed by atoms with van der Waals surface area (Å²) in [5, 5.41) is 3.12. The highest BCUT2D eigenvalue weighted by atomic mass is 35.5. The third-order valence-electron chi connectivity index (χ3n) is 3.57. The molecule has 1 atom stereocenters. The van der Waals surface area contributed by atoms with Gasteiger partial charge in [0.25, 0.3) is 10.0 Å². The van der Waals surface area contributed by atoms with E-state index >= 15 is 0 Å². The molecule has 3 rings (SSSR count). The molecule has 1 aliphatic rings. The van der Waals surface area contributed by atoms with Gasteiger partial charge in [0.1, 0.15) is 6.10 Å². The molecule has 140 valence electrons. The van der Waals surface area contributed by atoms with E-state index in [9.17, 15) is 13.2 Å². The topological polar surface area (TPSA) is 114 Å². The number of rotatable bonds is 5. The standard InChI is InChI=1S/C14H16ClN5O4S2/c1-9(21)19-14-18-7-12(25-14)26(22,23)20-4-2-3-11(8-20)24-13-16-5-10(15)6-17-13/h5-7,11H,2-4,8H2,1H3,(H,18,19,21). The minimum Gasteiger partial charge on any atom is -0.459 e. The number of nitrogens with zero attached hydrogens (tertiary/aromatic N) is 4. The van der Waals surface area contributed by atoms with Crippen molar-refractivity contribution in [1.29, 1.82) is 0 Å². The summed E-state index contributed by atoms with van der Waals surface area (Å²) >= 11 is 6.66. The zero-order valence-corrected chi connectivity index (χ0v) is 16.1. The predicted octanol–water partition coefficient (Wildman–Crippen LogP) is 1.78. The van der Waals surface area contributed by atoms with Crippen molar-refractivity contribution >= 4 is 44.0 Å². The van der Waals surface area contributed by atoms with Crippen LogP contribution in [-0.4, -0.2) is 52.8 Å². The largest absolute Gasteiger partial charge is 0.459 e. The average molecular weight is 418 g/mol. The van der Waals surface area contributed by atoms with Crippen LogP contribution < -0.4 is 10.1 Å². The Morgan fingerprint density at radius 1 is 1.35 bits per heavy atom. The van der Waals surface area contributed by atoms with Gasteiger partial charge in [-0.15, -0.1) is 0 Å². The number of piperidine rings is 1. The van der Waals surface area contributed by atoms with Crippen LogP contribution in [0.15, 0.2) is 22.8 Å². The highest BCUT2D eigenvalue weighted by molar-refractivity contribution is 7.91. The molecule has 1 N–H and O–H groups in total. The normalized spacial score (nSPS) is 18.5. The number of sulfonamides is 1. The monoisotopic (exact) mass is 417 g/mol. The second-order valence-electron chi connectivity index (χ2n) is 5.59. The van der Waals surface area contributed by atoms with Crippen molar-refractivity contribution in [2.45, 2.75) is 30.1 Å². The maximum Gasteiger partial charge on any atom is 0.316 e. The number of carbonyl (C=O) groups excluding carboxylic acids is 1. The molecule has 9 nitrogen and oxygen atoms in total. The van der Waals surface area contributed by atoms with Gasteiger partial charge in [0.2, 0.25) is 5.91 Å². The molecule has 3 heterocycles. The maximum absolute atomic E-state index is 12.8. The number of hydrogen-bond acceptors (Lipinski definition) is 8. The van der Waals surface area contributed by atoms with Crippen LogP contribution in [-0.2, 0) is 14.8 Å². The molecule has 1 unspecified atom stereocenters. The quantitative estimate of drug-likeness (QED) is 0.788. The van der Waals surface area contributed by atoms with Crippen LogP contribution >= 0.6 is 22.9 Å². The first-order valence-electron chi connectivity index (χ1n) is 7.72. The van der Waals surface area contributed by atoms with Crippen molar-refractivity contribution in [3.05, 3.63) is 23.6 Å². The molecule has 26 heavy (non-hydrogen) atoms. The SMILES string of the molecule is CC(=O)Nc1ncc(S(=O)(=O)N2CCCC(Oc3ncc(Cl)cn3)C2)s1. The highest BCUT2D eigenvalue weighted by Crippen LogP contribution is 2.28. The minimum absolute atomic E-state index is 0.0737. The van der Waals surface area contributed by atoms with Crippen LogP contribution in [0.25, 0.3) is 0 Å². The van der Waals surface area contributed by atoms with E-state index in [1.54, 1.807) is 0 Å². The molecule has 0 saturated carbocycles. The molecular formula is C14H16ClN5O4S2. The molecule has 1 saturated heterocycles. The minimum atomic E-state index is -3.71. The van der Waals surface area contributed by atoms with Gasteiger partial charge >= 0.3 is 6.01 Å². The number of anilines is 1. The molecule has 1 fully saturated rings. The molecule has 2 aromatic rings. The molecule has 0 bridgehead atoms. The summed E-state index contributed by atoms with van der Waals surface area (Å²) in [4.78, 5) is 22.9. The van der Waals surface area contributed by atoms with Gasteiger partial charge in [-0.05, 0) is 12.8 Å². The van der Waals surface area contributed by atoms with Crippen molar-refractivity contribution in [2.75, 3.05) is 18.4 Å². The van der Waals surface area contributed by atoms with E-state index in [0.29, 0.717) is 24.4 Å². The van der Waals surface area contributed by atoms with Gasteiger partial charge in [0.15, 0.2) is 9.34 Å². The van der Waals surface area contributed by atoms with Gasteiger partial charge in [-0.3, -0.25) is 4.79 Å². The first-order valence-corrected chi connectivity index (χ1v) is 10.4. The molecule has 1 amide bonds. The Morgan fingerprint density at radius 3 is 2.77 bits per heavy atom. The molecule has 12 heteroatoms. The van der Waals surface area contributed by atoms with E-state index in [1.807, 2.05) is 0 Å². The van der Waals surface area contributed by atoms with Gasteiger partial charge in [-0.25, -0.2) is 23.4 Å². The fourth-order valence-electron chi connectivity index (χ4n) is 2.44. The summed E-state index contributed by atoms with van der Waals surface area (Å²) < 4.78 is 32.7. The Kier molecular flexibility index (Phi) is 5.70. The smallest absolute Gasteiger partial charge is 0.316 e. The lowest BCUT2D eigenvalue weighted by atomic mass is 10.1. The number of amides is 1. The van der Waals surface area contributed by atoms with Gasteiger partial charge in [0.05, 0.1) is 30.2 Å². The highest BCUT2D eigenvalue weighted by Gasteiger charge is 2.33. The molecule has 1 aliphatic heterocycles. The fourth-order valence-corrected chi connectivity index (χ4v) is 5.28. The number of aromatic nitrogens is 3. The van der Waals surface area contributed by atoms with E-state index in [1.165, 1.54) is 29.8 Å². The molecule has 0 aliphatic carbocycles. The Balaban J connectivity index is 1.70. The van der Waals surface area contributed by atoms with E-state index < -0.39 is 10.0 Å². The van der Waals surface area contributed by atoms with Crippen molar-refractivity contribution in [1.82, 2.24) is 19.3 Å². The average Bonchev–Trinajstić information content (AvgIpc) is 3.06. The molecular weight excluding hydrogens is 402 g/mol. The number of carbonyl (C=O) groups is 1. The van der Waals surface area contributed by atoms with E-state index in [0.717, 1.165) is 11.3 Å². The third-order valence-corrected chi connectivity index (χ3v) is 6.98. The number of nitrogens with one attached hydrogen (secondary N) is 1. The number of halogens is 1. The van der Waals surface area contributed by atoms with Gasteiger partial charge in [-0.2, -0.15) is 4.31 Å². The number of ether oxygens (including phenoxy) is 1. The maximum atomic E-state index is 12.8. The second kappa shape index (κ2) is 7.82. The Labute approximate surface area is 159 Å². The number of thiazole rings is 1. The summed E-state index contributed by atoms with van der Waals surface area (Å²) in [7, 11) is -3.71. The van der Waals surface area contributed by atoms with E-state index in [-0.39, 0.29) is 33.9 Å². The van der Waals surface area contributed by atoms with Crippen LogP contribution in [0, 0.1) is 0 Å². The van der Waals surface area contributed by atoms with Crippen LogP contribution in [0.1, 0.15) is 19.8 Å². The van der Waals surface area contributed by atoms with Crippen molar-refractivity contribution in [2.24, 2.45) is 0 Å². The van der Waals surface area contributed by atoms with Gasteiger partial charge in [0, 0.05) is 13.5 Å². The molecule has 0 aromatic carbocycles. The molecule has 0 spiro atoms. The zero-order chi connectivity index (χ0) is 18.7. The van der Waals surface area contributed by atoms with Crippen LogP contribution in [0.5, 0.6) is 6.01 Å². The van der Waals surface area contributed by atoms with Crippen LogP contribution in [0.4, 0.5) is 5.13 Å². The summed E-state index contributed by atoms with van der Waals surface area (Å²) in [6.07, 6.45) is 5.07. The Morgan fingerprint density at radius 2 is 2.08 bits per heavy atom. The van der Waals surface area contributed by atoms with Gasteiger partial charge in [-0.1, -0.05) is 22.9 Å². The summed E-state index contributed by atoms with van der Waals surface area (Å²) in [5.41, 5.74) is 0. The van der Waals surface area contributed by atoms with E-state index in [4.69, 9.17) is 16.3 Å². The van der Waals surface area contributed by atoms with Crippen LogP contribution in [0.2, 0.25) is 5.02 Å². The lowest BCUT2D eigenvalue weighted by Crippen LogP contribution is -2.44. The first-order chi connectivity index (χ1) is 12.3. The van der Waals surface area contributed by atoms with Crippen molar-refractivity contribution in [3.8, 4) is 6.01 Å². The Bertz CT molecular complexity index is 887. The van der Waals surface area contributed by atoms with Crippen molar-refractivity contribution in [3.63, 3.8) is 0 Å². The summed E-state index contributed by atoms with van der Waals surface area (Å²) in [6, 6.07) is 0.157. The zero-order valence-electron chi connectivity index (χ0n) is 13.8. The molecule has 2 aromatic heterocycles. The summed E-state index contributed by atoms with van der Waals surface area (Å²) in [6.45, 7) is 1.90. The van der Waals surface area contributed by atoms with Gasteiger partial charge < -0.3 is 10.1 Å². The fraction of sp³-hybridized carbons (Fsp3) is 0.429. The number of hydrogen-bond donors (Lipinski definition) is 1.